The summed E-state index contributed by atoms with van der Waals surface area (Å²) in [6.45, 7) is 5.15. The maximum Gasteiger partial charge on any atom is 0.0882 e. The van der Waals surface area contributed by atoms with Crippen molar-refractivity contribution in [2.24, 2.45) is 0 Å². The lowest BCUT2D eigenvalue weighted by atomic mass is 10.1. The quantitative estimate of drug-likeness (QED) is 0.867. The molecule has 0 saturated carbocycles. The van der Waals surface area contributed by atoms with Gasteiger partial charge >= 0.3 is 0 Å². The minimum atomic E-state index is -0.284. The van der Waals surface area contributed by atoms with Gasteiger partial charge in [-0.2, -0.15) is 0 Å². The van der Waals surface area contributed by atoms with E-state index in [0.29, 0.717) is 6.10 Å². The molecule has 0 spiro atoms. The molecule has 17 heavy (non-hydrogen) atoms. The van der Waals surface area contributed by atoms with Crippen LogP contribution in [0.4, 0.5) is 0 Å². The van der Waals surface area contributed by atoms with Crippen molar-refractivity contribution in [1.29, 1.82) is 0 Å². The van der Waals surface area contributed by atoms with Gasteiger partial charge in [0.25, 0.3) is 0 Å². The first kappa shape index (κ1) is 13.1. The van der Waals surface area contributed by atoms with Crippen molar-refractivity contribution in [1.82, 2.24) is 0 Å². The molecule has 2 nitrogen and oxygen atoms in total. The molecule has 1 aliphatic rings. The van der Waals surface area contributed by atoms with Gasteiger partial charge in [0.05, 0.1) is 12.2 Å². The molecule has 0 aromatic carbocycles. The Balaban J connectivity index is 1.74. The molecule has 2 heterocycles. The Morgan fingerprint density at radius 1 is 1.53 bits per heavy atom. The molecule has 1 saturated heterocycles. The number of aliphatic hydroxyl groups is 1. The molecule has 96 valence electrons. The predicted molar refractivity (Wildman–Crippen MR) is 71.6 cm³/mol. The first-order chi connectivity index (χ1) is 8.16. The smallest absolute Gasteiger partial charge is 0.0882 e. The second-order valence-corrected chi connectivity index (χ2v) is 6.26. The van der Waals surface area contributed by atoms with E-state index in [1.807, 2.05) is 0 Å². The predicted octanol–water partition coefficient (Wildman–Crippen LogP) is 3.75. The molecule has 1 fully saturated rings. The van der Waals surface area contributed by atoms with Gasteiger partial charge in [-0.25, -0.2) is 0 Å². The SMILES string of the molecule is Cc1cc(C(O)CCCC2CCCO2)sc1C. The van der Waals surface area contributed by atoms with E-state index in [0.717, 1.165) is 30.7 Å². The van der Waals surface area contributed by atoms with Crippen LogP contribution < -0.4 is 0 Å². The Morgan fingerprint density at radius 2 is 2.35 bits per heavy atom. The molecular weight excluding hydrogens is 232 g/mol. The first-order valence-electron chi connectivity index (χ1n) is 6.53. The lowest BCUT2D eigenvalue weighted by molar-refractivity contribution is 0.0948. The number of rotatable bonds is 5. The molecule has 2 rings (SSSR count). The highest BCUT2D eigenvalue weighted by atomic mass is 32.1. The Bertz CT molecular complexity index is 334. The molecule has 1 aromatic rings. The van der Waals surface area contributed by atoms with Gasteiger partial charge in [0, 0.05) is 16.4 Å². The fraction of sp³-hybridized carbons (Fsp3) is 0.714. The lowest BCUT2D eigenvalue weighted by Crippen LogP contribution is -2.05. The molecule has 3 heteroatoms. The van der Waals surface area contributed by atoms with E-state index < -0.39 is 0 Å². The van der Waals surface area contributed by atoms with Crippen LogP contribution in [0.15, 0.2) is 6.07 Å². The maximum absolute atomic E-state index is 10.1. The third-order valence-electron chi connectivity index (χ3n) is 3.54. The largest absolute Gasteiger partial charge is 0.388 e. The van der Waals surface area contributed by atoms with E-state index in [4.69, 9.17) is 4.74 Å². The van der Waals surface area contributed by atoms with Crippen LogP contribution in [0.25, 0.3) is 0 Å². The third kappa shape index (κ3) is 3.54. The van der Waals surface area contributed by atoms with Gasteiger partial charge in [0.1, 0.15) is 0 Å². The van der Waals surface area contributed by atoms with Crippen LogP contribution in [0.1, 0.15) is 53.5 Å². The van der Waals surface area contributed by atoms with Crippen LogP contribution >= 0.6 is 11.3 Å². The van der Waals surface area contributed by atoms with Crippen molar-refractivity contribution in [3.8, 4) is 0 Å². The van der Waals surface area contributed by atoms with Gasteiger partial charge < -0.3 is 9.84 Å². The van der Waals surface area contributed by atoms with Crippen molar-refractivity contribution in [3.05, 3.63) is 21.4 Å². The molecule has 0 amide bonds. The first-order valence-corrected chi connectivity index (χ1v) is 7.35. The summed E-state index contributed by atoms with van der Waals surface area (Å²) in [5, 5.41) is 10.1. The van der Waals surface area contributed by atoms with Crippen LogP contribution in [0.2, 0.25) is 0 Å². The van der Waals surface area contributed by atoms with E-state index in [1.165, 1.54) is 23.3 Å². The van der Waals surface area contributed by atoms with Gasteiger partial charge in [0.15, 0.2) is 0 Å². The molecule has 1 aromatic heterocycles. The van der Waals surface area contributed by atoms with Gasteiger partial charge in [-0.1, -0.05) is 0 Å². The van der Waals surface area contributed by atoms with E-state index in [-0.39, 0.29) is 6.10 Å². The summed E-state index contributed by atoms with van der Waals surface area (Å²) in [5.41, 5.74) is 1.29. The number of aryl methyl sites for hydroxylation is 2. The third-order valence-corrected chi connectivity index (χ3v) is 4.79. The highest BCUT2D eigenvalue weighted by molar-refractivity contribution is 7.12. The van der Waals surface area contributed by atoms with Crippen LogP contribution in [0.5, 0.6) is 0 Å². The van der Waals surface area contributed by atoms with E-state index in [9.17, 15) is 5.11 Å². The van der Waals surface area contributed by atoms with Crippen molar-refractivity contribution >= 4 is 11.3 Å². The summed E-state index contributed by atoms with van der Waals surface area (Å²) in [7, 11) is 0. The Hall–Kier alpha value is -0.380. The fourth-order valence-electron chi connectivity index (χ4n) is 2.32. The molecule has 1 aliphatic heterocycles. The van der Waals surface area contributed by atoms with Crippen LogP contribution in [0.3, 0.4) is 0 Å². The molecule has 1 N–H and O–H groups in total. The van der Waals surface area contributed by atoms with Crippen molar-refractivity contribution < 1.29 is 9.84 Å². The number of aliphatic hydroxyl groups excluding tert-OH is 1. The summed E-state index contributed by atoms with van der Waals surface area (Å²) in [6, 6.07) is 2.12. The van der Waals surface area contributed by atoms with E-state index in [2.05, 4.69) is 19.9 Å². The average Bonchev–Trinajstić information content (AvgIpc) is 2.90. The van der Waals surface area contributed by atoms with Crippen LogP contribution in [-0.4, -0.2) is 17.8 Å². The Kier molecular flexibility index (Phi) is 4.60. The minimum absolute atomic E-state index is 0.284. The topological polar surface area (TPSA) is 29.5 Å². The minimum Gasteiger partial charge on any atom is -0.388 e. The zero-order valence-electron chi connectivity index (χ0n) is 10.7. The van der Waals surface area contributed by atoms with Crippen LogP contribution in [0, 0.1) is 13.8 Å². The van der Waals surface area contributed by atoms with Gasteiger partial charge in [-0.15, -0.1) is 11.3 Å². The van der Waals surface area contributed by atoms with Gasteiger partial charge in [0.2, 0.25) is 0 Å². The van der Waals surface area contributed by atoms with Gasteiger partial charge in [-0.05, 0) is 57.6 Å². The van der Waals surface area contributed by atoms with Gasteiger partial charge in [-0.3, -0.25) is 0 Å². The number of hydrogen-bond donors (Lipinski definition) is 1. The number of hydrogen-bond acceptors (Lipinski definition) is 3. The summed E-state index contributed by atoms with van der Waals surface area (Å²) >= 11 is 1.72. The monoisotopic (exact) mass is 254 g/mol. The van der Waals surface area contributed by atoms with Crippen LogP contribution in [-0.2, 0) is 4.74 Å². The Morgan fingerprint density at radius 3 is 2.94 bits per heavy atom. The normalized spacial score (nSPS) is 21.9. The standard InChI is InChI=1S/C14H22O2S/c1-10-9-14(17-11(10)2)13(15)7-3-5-12-6-4-8-16-12/h9,12-13,15H,3-8H2,1-2H3. The summed E-state index contributed by atoms with van der Waals surface area (Å²) < 4.78 is 5.58. The van der Waals surface area contributed by atoms with E-state index in [1.54, 1.807) is 11.3 Å². The zero-order valence-corrected chi connectivity index (χ0v) is 11.6. The molecule has 2 unspecified atom stereocenters. The molecular formula is C14H22O2S. The number of thiophene rings is 1. The van der Waals surface area contributed by atoms with Crippen molar-refractivity contribution in [2.75, 3.05) is 6.61 Å². The highest BCUT2D eigenvalue weighted by Crippen LogP contribution is 2.30. The van der Waals surface area contributed by atoms with Crippen molar-refractivity contribution in [2.45, 2.75) is 58.2 Å². The fourth-order valence-corrected chi connectivity index (χ4v) is 3.38. The maximum atomic E-state index is 10.1. The second kappa shape index (κ2) is 5.98. The highest BCUT2D eigenvalue weighted by Gasteiger charge is 2.17. The lowest BCUT2D eigenvalue weighted by Gasteiger charge is -2.11. The average molecular weight is 254 g/mol. The molecule has 0 radical (unpaired) electrons. The molecule has 0 aliphatic carbocycles. The number of ether oxygens (including phenoxy) is 1. The zero-order chi connectivity index (χ0) is 12.3. The summed E-state index contributed by atoms with van der Waals surface area (Å²) in [6.07, 6.45) is 5.59. The molecule has 2 atom stereocenters. The Labute approximate surface area is 108 Å². The van der Waals surface area contributed by atoms with E-state index >= 15 is 0 Å². The summed E-state index contributed by atoms with van der Waals surface area (Å²) in [5.74, 6) is 0. The second-order valence-electron chi connectivity index (χ2n) is 4.97. The molecule has 0 bridgehead atoms. The summed E-state index contributed by atoms with van der Waals surface area (Å²) in [4.78, 5) is 2.44. The van der Waals surface area contributed by atoms with Crippen molar-refractivity contribution in [3.63, 3.8) is 0 Å².